The maximum absolute atomic E-state index is 13.9. The van der Waals surface area contributed by atoms with Crippen molar-refractivity contribution in [3.63, 3.8) is 0 Å². The van der Waals surface area contributed by atoms with E-state index in [1.807, 2.05) is 6.92 Å². The van der Waals surface area contributed by atoms with Crippen molar-refractivity contribution in [2.45, 2.75) is 19.9 Å². The van der Waals surface area contributed by atoms with Gasteiger partial charge in [0.05, 0.1) is 18.8 Å². The summed E-state index contributed by atoms with van der Waals surface area (Å²) in [5.41, 5.74) is 0.782. The maximum atomic E-state index is 13.9. The summed E-state index contributed by atoms with van der Waals surface area (Å²) in [5, 5.41) is 2.71. The van der Waals surface area contributed by atoms with Gasteiger partial charge in [-0.2, -0.15) is 17.0 Å². The first-order valence-corrected chi connectivity index (χ1v) is 10.8. The molecule has 1 aliphatic heterocycles. The van der Waals surface area contributed by atoms with E-state index < -0.39 is 21.9 Å². The molecule has 1 fully saturated rings. The predicted octanol–water partition coefficient (Wildman–Crippen LogP) is 2.62. The summed E-state index contributed by atoms with van der Waals surface area (Å²) < 4.78 is 47.6. The number of rotatable bonds is 7. The quantitative estimate of drug-likeness (QED) is 0.745. The Labute approximate surface area is 170 Å². The summed E-state index contributed by atoms with van der Waals surface area (Å²) in [6.45, 7) is 2.40. The minimum absolute atomic E-state index is 0.0691. The van der Waals surface area contributed by atoms with Crippen molar-refractivity contribution < 1.29 is 22.3 Å². The number of para-hydroxylation sites is 2. The molecule has 1 aliphatic rings. The lowest BCUT2D eigenvalue weighted by atomic mass is 10.2. The molecule has 9 heteroatoms. The van der Waals surface area contributed by atoms with Crippen LogP contribution in [0, 0.1) is 5.82 Å². The Morgan fingerprint density at radius 1 is 1.10 bits per heavy atom. The predicted molar refractivity (Wildman–Crippen MR) is 108 cm³/mol. The summed E-state index contributed by atoms with van der Waals surface area (Å²) in [5.74, 6) is -0.399. The molecule has 0 aromatic heterocycles. The number of benzene rings is 2. The van der Waals surface area contributed by atoms with E-state index in [4.69, 9.17) is 4.74 Å². The molecule has 29 heavy (non-hydrogen) atoms. The Kier molecular flexibility index (Phi) is 6.83. The van der Waals surface area contributed by atoms with Gasteiger partial charge in [-0.3, -0.25) is 4.79 Å². The summed E-state index contributed by atoms with van der Waals surface area (Å²) in [6, 6.07) is 13.0. The molecule has 156 valence electrons. The molecule has 0 atom stereocenters. The minimum Gasteiger partial charge on any atom is -0.492 e. The van der Waals surface area contributed by atoms with Crippen LogP contribution in [-0.4, -0.2) is 49.2 Å². The van der Waals surface area contributed by atoms with Gasteiger partial charge in [0.15, 0.2) is 0 Å². The topological polar surface area (TPSA) is 79.0 Å². The maximum Gasteiger partial charge on any atom is 0.282 e. The number of ether oxygens (including phenoxy) is 1. The highest BCUT2D eigenvalue weighted by molar-refractivity contribution is 7.86. The number of nitrogens with one attached hydrogen (secondary N) is 1. The summed E-state index contributed by atoms with van der Waals surface area (Å²) in [7, 11) is -3.88. The number of halogens is 1. The Morgan fingerprint density at radius 3 is 2.55 bits per heavy atom. The first-order valence-electron chi connectivity index (χ1n) is 9.42. The van der Waals surface area contributed by atoms with E-state index >= 15 is 0 Å². The third-order valence-electron chi connectivity index (χ3n) is 4.55. The number of hydrogen-bond donors (Lipinski definition) is 1. The monoisotopic (exact) mass is 421 g/mol. The van der Waals surface area contributed by atoms with E-state index in [-0.39, 0.29) is 26.2 Å². The minimum atomic E-state index is -3.88. The molecule has 1 N–H and O–H groups in total. The molecule has 3 rings (SSSR count). The highest BCUT2D eigenvalue weighted by atomic mass is 32.2. The van der Waals surface area contributed by atoms with E-state index in [9.17, 15) is 17.6 Å². The first kappa shape index (κ1) is 21.2. The molecule has 0 unspecified atom stereocenters. The van der Waals surface area contributed by atoms with Crippen LogP contribution in [-0.2, 0) is 21.5 Å². The fourth-order valence-electron chi connectivity index (χ4n) is 3.16. The smallest absolute Gasteiger partial charge is 0.282 e. The van der Waals surface area contributed by atoms with Crippen molar-refractivity contribution in [1.29, 1.82) is 0 Å². The van der Waals surface area contributed by atoms with Crippen LogP contribution in [0.15, 0.2) is 48.5 Å². The fourth-order valence-corrected chi connectivity index (χ4v) is 4.79. The number of amides is 1. The van der Waals surface area contributed by atoms with Crippen molar-refractivity contribution in [3.05, 3.63) is 59.9 Å². The molecular weight excluding hydrogens is 397 g/mol. The Balaban J connectivity index is 1.69. The number of carbonyl (C=O) groups is 1. The van der Waals surface area contributed by atoms with Crippen LogP contribution in [0.25, 0.3) is 0 Å². The van der Waals surface area contributed by atoms with Crippen molar-refractivity contribution in [2.75, 3.05) is 31.6 Å². The molecule has 7 nitrogen and oxygen atoms in total. The standard InChI is InChI=1S/C20H24FN3O4S/c1-2-28-19-11-6-5-10-18(19)22-20(25)15-24-13-7-12-23(29(24,26)27)14-16-8-3-4-9-17(16)21/h3-6,8-11H,2,7,12-15H2,1H3,(H,22,25). The Morgan fingerprint density at radius 2 is 1.79 bits per heavy atom. The largest absolute Gasteiger partial charge is 0.492 e. The van der Waals surface area contributed by atoms with Gasteiger partial charge in [0.2, 0.25) is 5.91 Å². The van der Waals surface area contributed by atoms with E-state index in [2.05, 4.69) is 5.32 Å². The summed E-state index contributed by atoms with van der Waals surface area (Å²) in [6.07, 6.45) is 0.552. The van der Waals surface area contributed by atoms with Gasteiger partial charge in [-0.1, -0.05) is 30.3 Å². The zero-order valence-electron chi connectivity index (χ0n) is 16.2. The highest BCUT2D eigenvalue weighted by Crippen LogP contribution is 2.24. The van der Waals surface area contributed by atoms with Crippen LogP contribution < -0.4 is 10.1 Å². The lowest BCUT2D eigenvalue weighted by Gasteiger charge is -2.34. The molecule has 1 amide bonds. The average Bonchev–Trinajstić information content (AvgIpc) is 2.68. The van der Waals surface area contributed by atoms with Crippen LogP contribution in [0.1, 0.15) is 18.9 Å². The number of anilines is 1. The van der Waals surface area contributed by atoms with Gasteiger partial charge in [0, 0.05) is 25.2 Å². The molecule has 0 spiro atoms. The Bertz CT molecular complexity index is 968. The van der Waals surface area contributed by atoms with Gasteiger partial charge >= 0.3 is 0 Å². The Hall–Kier alpha value is -2.49. The normalized spacial score (nSPS) is 17.0. The van der Waals surface area contributed by atoms with Crippen LogP contribution in [0.2, 0.25) is 0 Å². The number of hydrogen-bond acceptors (Lipinski definition) is 4. The van der Waals surface area contributed by atoms with E-state index in [0.29, 0.717) is 30.0 Å². The van der Waals surface area contributed by atoms with Crippen LogP contribution >= 0.6 is 0 Å². The lowest BCUT2D eigenvalue weighted by molar-refractivity contribution is -0.116. The van der Waals surface area contributed by atoms with Gasteiger partial charge < -0.3 is 10.1 Å². The lowest BCUT2D eigenvalue weighted by Crippen LogP contribution is -2.51. The molecular formula is C20H24FN3O4S. The van der Waals surface area contributed by atoms with E-state index in [0.717, 1.165) is 4.31 Å². The zero-order chi connectivity index (χ0) is 20.9. The second kappa shape index (κ2) is 9.34. The highest BCUT2D eigenvalue weighted by Gasteiger charge is 2.35. The molecule has 1 heterocycles. The van der Waals surface area contributed by atoms with Crippen molar-refractivity contribution in [3.8, 4) is 5.75 Å². The van der Waals surface area contributed by atoms with Crippen molar-refractivity contribution in [1.82, 2.24) is 8.61 Å². The molecule has 1 saturated heterocycles. The van der Waals surface area contributed by atoms with Gasteiger partial charge in [0.1, 0.15) is 11.6 Å². The van der Waals surface area contributed by atoms with Gasteiger partial charge in [0.25, 0.3) is 10.2 Å². The molecule has 2 aromatic rings. The number of nitrogens with zero attached hydrogens (tertiary/aromatic N) is 2. The molecule has 0 saturated carbocycles. The molecule has 2 aromatic carbocycles. The number of carbonyl (C=O) groups excluding carboxylic acids is 1. The average molecular weight is 421 g/mol. The van der Waals surface area contributed by atoms with Gasteiger partial charge in [-0.05, 0) is 31.5 Å². The van der Waals surface area contributed by atoms with Gasteiger partial charge in [-0.25, -0.2) is 4.39 Å². The van der Waals surface area contributed by atoms with Crippen LogP contribution in [0.5, 0.6) is 5.75 Å². The van der Waals surface area contributed by atoms with Crippen molar-refractivity contribution >= 4 is 21.8 Å². The van der Waals surface area contributed by atoms with Crippen LogP contribution in [0.4, 0.5) is 10.1 Å². The second-order valence-electron chi connectivity index (χ2n) is 6.60. The summed E-state index contributed by atoms with van der Waals surface area (Å²) >= 11 is 0. The SMILES string of the molecule is CCOc1ccccc1NC(=O)CN1CCCN(Cc2ccccc2F)S1(=O)=O. The van der Waals surface area contributed by atoms with Gasteiger partial charge in [-0.15, -0.1) is 0 Å². The zero-order valence-corrected chi connectivity index (χ0v) is 17.0. The van der Waals surface area contributed by atoms with Crippen molar-refractivity contribution in [2.24, 2.45) is 0 Å². The fraction of sp³-hybridized carbons (Fsp3) is 0.350. The molecule has 0 radical (unpaired) electrons. The third-order valence-corrected chi connectivity index (χ3v) is 6.48. The third kappa shape index (κ3) is 5.11. The van der Waals surface area contributed by atoms with E-state index in [1.54, 1.807) is 42.5 Å². The van der Waals surface area contributed by atoms with Crippen LogP contribution in [0.3, 0.4) is 0 Å². The summed E-state index contributed by atoms with van der Waals surface area (Å²) in [4.78, 5) is 12.5. The first-order chi connectivity index (χ1) is 13.9. The second-order valence-corrected chi connectivity index (χ2v) is 8.53. The van der Waals surface area contributed by atoms with E-state index in [1.165, 1.54) is 10.4 Å². The molecule has 0 bridgehead atoms. The molecule has 0 aliphatic carbocycles.